The van der Waals surface area contributed by atoms with E-state index in [1.54, 1.807) is 25.2 Å². The predicted molar refractivity (Wildman–Crippen MR) is 137 cm³/mol. The standard InChI is InChI=1S/C25H25Cl2N5O2/c1-14-11-30(18-7-5-15(2)16(3)9-18)24-28-22-21(31(24)12-14)23(33)32(25(34)29(22)4)13-17-6-8-19(26)20(27)10-17/h5-10,14H,11-13H2,1-4H3/t14-/m1/s1. The van der Waals surface area contributed by atoms with Gasteiger partial charge in [-0.3, -0.25) is 13.9 Å². The van der Waals surface area contributed by atoms with Crippen LogP contribution in [-0.4, -0.2) is 25.2 Å². The first-order chi connectivity index (χ1) is 16.2. The first-order valence-electron chi connectivity index (χ1n) is 11.1. The third-order valence-corrected chi connectivity index (χ3v) is 7.31. The van der Waals surface area contributed by atoms with Gasteiger partial charge in [0.2, 0.25) is 5.95 Å². The number of hydrogen-bond acceptors (Lipinski definition) is 4. The van der Waals surface area contributed by atoms with Crippen LogP contribution in [0.3, 0.4) is 0 Å². The number of aryl methyl sites for hydroxylation is 3. The molecule has 0 saturated heterocycles. The Kier molecular flexibility index (Phi) is 5.57. The monoisotopic (exact) mass is 497 g/mol. The second-order valence-corrected chi connectivity index (χ2v) is 9.97. The van der Waals surface area contributed by atoms with Crippen LogP contribution in [0.4, 0.5) is 11.6 Å². The van der Waals surface area contributed by atoms with E-state index in [9.17, 15) is 9.59 Å². The fraction of sp³-hybridized carbons (Fsp3) is 0.320. The zero-order valence-electron chi connectivity index (χ0n) is 19.5. The third kappa shape index (κ3) is 3.63. The second kappa shape index (κ2) is 8.32. The van der Waals surface area contributed by atoms with Crippen LogP contribution >= 0.6 is 23.2 Å². The second-order valence-electron chi connectivity index (χ2n) is 9.16. The van der Waals surface area contributed by atoms with Gasteiger partial charge < -0.3 is 9.47 Å². The minimum Gasteiger partial charge on any atom is -0.312 e. The summed E-state index contributed by atoms with van der Waals surface area (Å²) in [4.78, 5) is 33.8. The lowest BCUT2D eigenvalue weighted by Crippen LogP contribution is -2.40. The minimum atomic E-state index is -0.426. The molecule has 0 amide bonds. The Morgan fingerprint density at radius 1 is 1.00 bits per heavy atom. The summed E-state index contributed by atoms with van der Waals surface area (Å²) in [7, 11) is 1.65. The highest BCUT2D eigenvalue weighted by molar-refractivity contribution is 6.42. The molecule has 0 bridgehead atoms. The van der Waals surface area contributed by atoms with Crippen molar-refractivity contribution in [1.29, 1.82) is 0 Å². The van der Waals surface area contributed by atoms with E-state index < -0.39 is 5.69 Å². The zero-order valence-corrected chi connectivity index (χ0v) is 21.0. The van der Waals surface area contributed by atoms with Crippen molar-refractivity contribution in [2.45, 2.75) is 33.9 Å². The molecule has 2 aromatic carbocycles. The number of halogens is 2. The van der Waals surface area contributed by atoms with Crippen LogP contribution in [0.15, 0.2) is 46.0 Å². The molecular weight excluding hydrogens is 473 g/mol. The number of hydrogen-bond donors (Lipinski definition) is 0. The number of benzene rings is 2. The fourth-order valence-electron chi connectivity index (χ4n) is 4.58. The maximum atomic E-state index is 13.7. The molecular formula is C25H25Cl2N5O2. The molecule has 7 nitrogen and oxygen atoms in total. The van der Waals surface area contributed by atoms with E-state index in [1.165, 1.54) is 20.3 Å². The predicted octanol–water partition coefficient (Wildman–Crippen LogP) is 4.66. The van der Waals surface area contributed by atoms with Crippen molar-refractivity contribution in [3.8, 4) is 0 Å². The van der Waals surface area contributed by atoms with Crippen LogP contribution in [0.25, 0.3) is 11.2 Å². The topological polar surface area (TPSA) is 65.1 Å². The molecule has 9 heteroatoms. The van der Waals surface area contributed by atoms with Crippen LogP contribution < -0.4 is 16.1 Å². The average Bonchev–Trinajstić information content (AvgIpc) is 3.18. The zero-order chi connectivity index (χ0) is 24.3. The largest absolute Gasteiger partial charge is 0.332 e. The smallest absolute Gasteiger partial charge is 0.312 e. The number of nitrogens with zero attached hydrogens (tertiary/aromatic N) is 5. The maximum absolute atomic E-state index is 13.7. The van der Waals surface area contributed by atoms with Crippen molar-refractivity contribution in [2.75, 3.05) is 11.4 Å². The number of aromatic nitrogens is 4. The van der Waals surface area contributed by atoms with E-state index in [1.807, 2.05) is 4.57 Å². The summed E-state index contributed by atoms with van der Waals surface area (Å²) in [5.74, 6) is 0.961. The van der Waals surface area contributed by atoms with Crippen LogP contribution in [-0.2, 0) is 20.1 Å². The van der Waals surface area contributed by atoms with Crippen LogP contribution in [0.2, 0.25) is 10.0 Å². The van der Waals surface area contributed by atoms with E-state index in [2.05, 4.69) is 43.9 Å². The molecule has 0 unspecified atom stereocenters. The van der Waals surface area contributed by atoms with Crippen molar-refractivity contribution in [1.82, 2.24) is 18.7 Å². The van der Waals surface area contributed by atoms with Gasteiger partial charge in [0.15, 0.2) is 11.2 Å². The van der Waals surface area contributed by atoms with Gasteiger partial charge in [-0.25, -0.2) is 4.79 Å². The van der Waals surface area contributed by atoms with Crippen molar-refractivity contribution >= 4 is 46.0 Å². The van der Waals surface area contributed by atoms with E-state index in [-0.39, 0.29) is 18.0 Å². The van der Waals surface area contributed by atoms with Gasteiger partial charge in [0.05, 0.1) is 16.6 Å². The number of anilines is 2. The lowest BCUT2D eigenvalue weighted by atomic mass is 10.1. The Bertz CT molecular complexity index is 1570. The molecule has 0 spiro atoms. The number of rotatable bonds is 3. The number of imidazole rings is 1. The Morgan fingerprint density at radius 2 is 1.76 bits per heavy atom. The number of fused-ring (bicyclic) bond motifs is 3. The molecule has 0 saturated carbocycles. The Hall–Kier alpha value is -3.03. The molecule has 0 aliphatic carbocycles. The average molecular weight is 498 g/mol. The normalized spacial score (nSPS) is 15.7. The Morgan fingerprint density at radius 3 is 2.47 bits per heavy atom. The maximum Gasteiger partial charge on any atom is 0.332 e. The molecule has 0 N–H and O–H groups in total. The minimum absolute atomic E-state index is 0.0925. The molecule has 0 fully saturated rings. The highest BCUT2D eigenvalue weighted by Gasteiger charge is 2.30. The highest BCUT2D eigenvalue weighted by Crippen LogP contribution is 2.33. The SMILES string of the molecule is Cc1ccc(N2C[C@@H](C)Cn3c2nc2c3c(=O)n(Cc3ccc(Cl)c(Cl)c3)c(=O)n2C)cc1C. The summed E-state index contributed by atoms with van der Waals surface area (Å²) in [6.07, 6.45) is 0. The summed E-state index contributed by atoms with van der Waals surface area (Å²) < 4.78 is 4.63. The molecule has 0 radical (unpaired) electrons. The van der Waals surface area contributed by atoms with Crippen molar-refractivity contribution in [2.24, 2.45) is 13.0 Å². The van der Waals surface area contributed by atoms with Crippen molar-refractivity contribution in [3.63, 3.8) is 0 Å². The molecule has 4 aromatic rings. The van der Waals surface area contributed by atoms with Crippen LogP contribution in [0.1, 0.15) is 23.6 Å². The Labute approximate surface area is 206 Å². The molecule has 1 aliphatic rings. The molecule has 3 heterocycles. The van der Waals surface area contributed by atoms with E-state index in [4.69, 9.17) is 28.2 Å². The van der Waals surface area contributed by atoms with Gasteiger partial charge >= 0.3 is 5.69 Å². The van der Waals surface area contributed by atoms with Crippen molar-refractivity contribution in [3.05, 3.63) is 84.0 Å². The lowest BCUT2D eigenvalue weighted by Gasteiger charge is -2.33. The van der Waals surface area contributed by atoms with Crippen LogP contribution in [0, 0.1) is 19.8 Å². The fourth-order valence-corrected chi connectivity index (χ4v) is 4.90. The van der Waals surface area contributed by atoms with Gasteiger partial charge in [-0.1, -0.05) is 42.3 Å². The molecule has 176 valence electrons. The summed E-state index contributed by atoms with van der Waals surface area (Å²) in [6.45, 7) is 7.83. The molecule has 1 atom stereocenters. The van der Waals surface area contributed by atoms with Gasteiger partial charge in [-0.15, -0.1) is 0 Å². The van der Waals surface area contributed by atoms with Crippen LogP contribution in [0.5, 0.6) is 0 Å². The quantitative estimate of drug-likeness (QED) is 0.412. The summed E-state index contributed by atoms with van der Waals surface area (Å²) in [5.41, 5.74) is 4.17. The lowest BCUT2D eigenvalue weighted by molar-refractivity contribution is 0.458. The van der Waals surface area contributed by atoms with Gasteiger partial charge in [0.1, 0.15) is 0 Å². The van der Waals surface area contributed by atoms with Gasteiger partial charge in [0.25, 0.3) is 5.56 Å². The molecule has 1 aliphatic heterocycles. The Balaban J connectivity index is 1.70. The van der Waals surface area contributed by atoms with E-state index in [0.29, 0.717) is 33.7 Å². The molecule has 34 heavy (non-hydrogen) atoms. The van der Waals surface area contributed by atoms with Gasteiger partial charge in [-0.05, 0) is 60.7 Å². The summed E-state index contributed by atoms with van der Waals surface area (Å²) in [5, 5.41) is 0.802. The first-order valence-corrected chi connectivity index (χ1v) is 11.9. The molecule has 2 aromatic heterocycles. The highest BCUT2D eigenvalue weighted by atomic mass is 35.5. The van der Waals surface area contributed by atoms with E-state index in [0.717, 1.165) is 17.8 Å². The van der Waals surface area contributed by atoms with E-state index >= 15 is 0 Å². The first kappa shape index (κ1) is 22.7. The third-order valence-electron chi connectivity index (χ3n) is 6.57. The van der Waals surface area contributed by atoms with Gasteiger partial charge in [-0.2, -0.15) is 4.98 Å². The molecule has 5 rings (SSSR count). The summed E-state index contributed by atoms with van der Waals surface area (Å²) in [6, 6.07) is 11.4. The van der Waals surface area contributed by atoms with Gasteiger partial charge in [0, 0.05) is 25.8 Å². The van der Waals surface area contributed by atoms with Crippen molar-refractivity contribution < 1.29 is 0 Å². The summed E-state index contributed by atoms with van der Waals surface area (Å²) >= 11 is 12.2.